The lowest BCUT2D eigenvalue weighted by molar-refractivity contribution is 0.0939. The molecule has 0 spiro atoms. The third kappa shape index (κ3) is 3.80. The highest BCUT2D eigenvalue weighted by molar-refractivity contribution is 5.95. The van der Waals surface area contributed by atoms with Crippen LogP contribution in [-0.2, 0) is 7.05 Å². The number of methoxy groups -OCH3 is 2. The summed E-state index contributed by atoms with van der Waals surface area (Å²) in [6.45, 7) is 3.57. The van der Waals surface area contributed by atoms with Crippen LogP contribution < -0.4 is 14.8 Å². The van der Waals surface area contributed by atoms with E-state index in [1.54, 1.807) is 40.3 Å². The lowest BCUT2D eigenvalue weighted by atomic mass is 10.0. The van der Waals surface area contributed by atoms with E-state index < -0.39 is 6.04 Å². The first-order valence-electron chi connectivity index (χ1n) is 8.74. The second kappa shape index (κ2) is 8.08. The summed E-state index contributed by atoms with van der Waals surface area (Å²) in [6, 6.07) is 5.01. The van der Waals surface area contributed by atoms with Crippen LogP contribution in [0.15, 0.2) is 36.8 Å². The van der Waals surface area contributed by atoms with E-state index in [0.717, 1.165) is 5.56 Å². The van der Waals surface area contributed by atoms with Crippen molar-refractivity contribution in [1.82, 2.24) is 24.8 Å². The molecule has 0 aliphatic carbocycles. The van der Waals surface area contributed by atoms with Gasteiger partial charge in [-0.3, -0.25) is 4.79 Å². The van der Waals surface area contributed by atoms with Gasteiger partial charge in [-0.05, 0) is 31.5 Å². The Morgan fingerprint density at radius 1 is 1.14 bits per heavy atom. The van der Waals surface area contributed by atoms with E-state index >= 15 is 0 Å². The van der Waals surface area contributed by atoms with Crippen molar-refractivity contribution >= 4 is 5.91 Å². The van der Waals surface area contributed by atoms with Crippen LogP contribution in [0, 0.1) is 13.8 Å². The van der Waals surface area contributed by atoms with E-state index in [0.29, 0.717) is 34.4 Å². The van der Waals surface area contributed by atoms with E-state index in [-0.39, 0.29) is 5.91 Å². The maximum atomic E-state index is 13.0. The fourth-order valence-electron chi connectivity index (χ4n) is 3.00. The normalized spacial score (nSPS) is 11.8. The van der Waals surface area contributed by atoms with Gasteiger partial charge in [0.2, 0.25) is 0 Å². The Kier molecular flexibility index (Phi) is 5.58. The Morgan fingerprint density at radius 2 is 1.89 bits per heavy atom. The molecule has 1 atom stereocenters. The Morgan fingerprint density at radius 3 is 2.50 bits per heavy atom. The van der Waals surface area contributed by atoms with Crippen LogP contribution >= 0.6 is 0 Å². The van der Waals surface area contributed by atoms with E-state index in [1.165, 1.54) is 6.20 Å². The summed E-state index contributed by atoms with van der Waals surface area (Å²) in [5.41, 5.74) is 1.85. The highest BCUT2D eigenvalue weighted by atomic mass is 16.5. The molecular formula is C20H23N5O3. The summed E-state index contributed by atoms with van der Waals surface area (Å²) in [6.07, 6.45) is 5.06. The minimum Gasteiger partial charge on any atom is -0.493 e. The largest absolute Gasteiger partial charge is 0.493 e. The molecule has 1 N–H and O–H groups in total. The minimum absolute atomic E-state index is 0.278. The molecule has 2 heterocycles. The number of hydrogen-bond acceptors (Lipinski definition) is 6. The number of amides is 1. The monoisotopic (exact) mass is 381 g/mol. The van der Waals surface area contributed by atoms with Crippen LogP contribution in [0.25, 0.3) is 0 Å². The quantitative estimate of drug-likeness (QED) is 0.705. The Balaban J connectivity index is 2.01. The highest BCUT2D eigenvalue weighted by Crippen LogP contribution is 2.32. The van der Waals surface area contributed by atoms with Gasteiger partial charge in [0.05, 0.1) is 25.5 Å². The predicted octanol–water partition coefficient (Wildman–Crippen LogP) is 2.36. The fourth-order valence-corrected chi connectivity index (χ4v) is 3.00. The molecule has 1 aromatic carbocycles. The molecule has 8 heteroatoms. The van der Waals surface area contributed by atoms with Gasteiger partial charge in [0, 0.05) is 25.6 Å². The van der Waals surface area contributed by atoms with Crippen LogP contribution in [-0.4, -0.2) is 39.6 Å². The molecule has 0 aliphatic rings. The number of aromatic nitrogens is 4. The lowest BCUT2D eigenvalue weighted by Crippen LogP contribution is -2.32. The molecule has 146 valence electrons. The van der Waals surface area contributed by atoms with Crippen molar-refractivity contribution in [1.29, 1.82) is 0 Å². The number of carbonyl (C=O) groups excluding carboxylic acids is 1. The number of carbonyl (C=O) groups is 1. The number of ether oxygens (including phenoxy) is 2. The van der Waals surface area contributed by atoms with E-state index in [2.05, 4.69) is 20.3 Å². The molecule has 2 aromatic heterocycles. The first-order chi connectivity index (χ1) is 13.4. The molecule has 0 unspecified atom stereocenters. The molecule has 0 radical (unpaired) electrons. The SMILES string of the molecule is COc1ccc([C@H](NC(=O)c2cnc(C)nc2C)c2nccn2C)cc1OC. The maximum Gasteiger partial charge on any atom is 0.255 e. The summed E-state index contributed by atoms with van der Waals surface area (Å²) in [5.74, 6) is 2.21. The fraction of sp³-hybridized carbons (Fsp3) is 0.300. The van der Waals surface area contributed by atoms with Gasteiger partial charge >= 0.3 is 0 Å². The summed E-state index contributed by atoms with van der Waals surface area (Å²) < 4.78 is 12.6. The van der Waals surface area contributed by atoms with Crippen molar-refractivity contribution < 1.29 is 14.3 Å². The smallest absolute Gasteiger partial charge is 0.255 e. The van der Waals surface area contributed by atoms with Gasteiger partial charge in [-0.25, -0.2) is 15.0 Å². The van der Waals surface area contributed by atoms with Gasteiger partial charge in [0.1, 0.15) is 17.7 Å². The van der Waals surface area contributed by atoms with E-state index in [1.807, 2.05) is 29.9 Å². The number of imidazole rings is 1. The van der Waals surface area contributed by atoms with Gasteiger partial charge in [0.15, 0.2) is 11.5 Å². The number of nitrogens with one attached hydrogen (secondary N) is 1. The first-order valence-corrected chi connectivity index (χ1v) is 8.74. The number of aryl methyl sites for hydroxylation is 3. The molecular weight excluding hydrogens is 358 g/mol. The molecule has 28 heavy (non-hydrogen) atoms. The molecule has 1 amide bonds. The van der Waals surface area contributed by atoms with E-state index in [4.69, 9.17) is 9.47 Å². The van der Waals surface area contributed by atoms with Crippen molar-refractivity contribution in [2.24, 2.45) is 7.05 Å². The minimum atomic E-state index is -0.493. The van der Waals surface area contributed by atoms with Gasteiger partial charge in [-0.1, -0.05) is 6.07 Å². The Hall–Kier alpha value is -3.42. The first kappa shape index (κ1) is 19.3. The van der Waals surface area contributed by atoms with Crippen LogP contribution in [0.1, 0.15) is 39.3 Å². The molecule has 3 aromatic rings. The second-order valence-electron chi connectivity index (χ2n) is 6.33. The molecule has 0 fully saturated rings. The molecule has 0 saturated heterocycles. The van der Waals surface area contributed by atoms with Crippen LogP contribution in [0.2, 0.25) is 0 Å². The van der Waals surface area contributed by atoms with Gasteiger partial charge in [-0.15, -0.1) is 0 Å². The summed E-state index contributed by atoms with van der Waals surface area (Å²) in [7, 11) is 5.03. The van der Waals surface area contributed by atoms with Gasteiger partial charge < -0.3 is 19.4 Å². The van der Waals surface area contributed by atoms with Crippen molar-refractivity contribution in [2.75, 3.05) is 14.2 Å². The number of hydrogen-bond donors (Lipinski definition) is 1. The molecule has 8 nitrogen and oxygen atoms in total. The highest BCUT2D eigenvalue weighted by Gasteiger charge is 2.24. The lowest BCUT2D eigenvalue weighted by Gasteiger charge is -2.21. The van der Waals surface area contributed by atoms with Gasteiger partial charge in [0.25, 0.3) is 5.91 Å². The second-order valence-corrected chi connectivity index (χ2v) is 6.33. The summed E-state index contributed by atoms with van der Waals surface area (Å²) in [4.78, 5) is 25.8. The van der Waals surface area contributed by atoms with Crippen LogP contribution in [0.5, 0.6) is 11.5 Å². The number of benzene rings is 1. The zero-order chi connectivity index (χ0) is 20.3. The topological polar surface area (TPSA) is 91.2 Å². The van der Waals surface area contributed by atoms with Crippen molar-refractivity contribution in [3.63, 3.8) is 0 Å². The molecule has 0 saturated carbocycles. The zero-order valence-electron chi connectivity index (χ0n) is 16.6. The predicted molar refractivity (Wildman–Crippen MR) is 104 cm³/mol. The Bertz CT molecular complexity index is 999. The maximum absolute atomic E-state index is 13.0. The third-order valence-corrected chi connectivity index (χ3v) is 4.48. The van der Waals surface area contributed by atoms with Crippen LogP contribution in [0.3, 0.4) is 0 Å². The number of nitrogens with zero attached hydrogens (tertiary/aromatic N) is 4. The number of rotatable bonds is 6. The van der Waals surface area contributed by atoms with Crippen molar-refractivity contribution in [3.05, 3.63) is 65.3 Å². The third-order valence-electron chi connectivity index (χ3n) is 4.48. The average molecular weight is 381 g/mol. The standard InChI is InChI=1S/C20H23N5O3/c1-12-15(11-22-13(2)23-12)20(26)24-18(19-21-8-9-25(19)3)14-6-7-16(27-4)17(10-14)28-5/h6-11,18H,1-5H3,(H,24,26)/t18-/m0/s1. The molecule has 0 bridgehead atoms. The van der Waals surface area contributed by atoms with Crippen molar-refractivity contribution in [2.45, 2.75) is 19.9 Å². The Labute approximate surface area is 163 Å². The van der Waals surface area contributed by atoms with Crippen LogP contribution in [0.4, 0.5) is 0 Å². The van der Waals surface area contributed by atoms with Gasteiger partial charge in [-0.2, -0.15) is 0 Å². The molecule has 3 rings (SSSR count). The van der Waals surface area contributed by atoms with E-state index in [9.17, 15) is 4.79 Å². The summed E-state index contributed by atoms with van der Waals surface area (Å²) >= 11 is 0. The summed E-state index contributed by atoms with van der Waals surface area (Å²) in [5, 5.41) is 3.04. The van der Waals surface area contributed by atoms with Crippen molar-refractivity contribution in [3.8, 4) is 11.5 Å². The molecule has 0 aliphatic heterocycles. The zero-order valence-corrected chi connectivity index (χ0v) is 16.6. The average Bonchev–Trinajstić information content (AvgIpc) is 3.11.